The Bertz CT molecular complexity index is 1060. The van der Waals surface area contributed by atoms with E-state index in [-0.39, 0.29) is 24.3 Å². The third kappa shape index (κ3) is 4.03. The van der Waals surface area contributed by atoms with Gasteiger partial charge in [0.2, 0.25) is 0 Å². The molecule has 3 aromatic rings. The van der Waals surface area contributed by atoms with Crippen LogP contribution in [0.15, 0.2) is 42.7 Å². The summed E-state index contributed by atoms with van der Waals surface area (Å²) >= 11 is 0. The first-order valence-corrected chi connectivity index (χ1v) is 10.3. The van der Waals surface area contributed by atoms with Gasteiger partial charge < -0.3 is 9.14 Å². The minimum absolute atomic E-state index is 0.0774. The lowest BCUT2D eigenvalue weighted by Gasteiger charge is -2.17. The summed E-state index contributed by atoms with van der Waals surface area (Å²) in [5, 5.41) is 0. The lowest BCUT2D eigenvalue weighted by atomic mass is 10.1. The second-order valence-electron chi connectivity index (χ2n) is 8.11. The molecule has 1 saturated heterocycles. The lowest BCUT2D eigenvalue weighted by molar-refractivity contribution is -0.147. The van der Waals surface area contributed by atoms with Crippen molar-refractivity contribution in [3.8, 4) is 0 Å². The molecule has 3 heterocycles. The van der Waals surface area contributed by atoms with Crippen LogP contribution in [0.1, 0.15) is 35.2 Å². The molecular formula is C23H24FN3O2. The quantitative estimate of drug-likeness (QED) is 0.624. The van der Waals surface area contributed by atoms with Crippen LogP contribution in [0.3, 0.4) is 0 Å². The molecule has 29 heavy (non-hydrogen) atoms. The van der Waals surface area contributed by atoms with Crippen molar-refractivity contribution in [1.29, 1.82) is 0 Å². The number of fused-ring (bicyclic) bond motifs is 2. The number of esters is 1. The van der Waals surface area contributed by atoms with Gasteiger partial charge in [-0.05, 0) is 54.5 Å². The highest BCUT2D eigenvalue weighted by Gasteiger charge is 2.26. The Morgan fingerprint density at radius 3 is 3.00 bits per heavy atom. The van der Waals surface area contributed by atoms with Gasteiger partial charge in [-0.2, -0.15) is 0 Å². The molecule has 1 aliphatic heterocycles. The number of hydrogen-bond acceptors (Lipinski definition) is 4. The van der Waals surface area contributed by atoms with E-state index in [2.05, 4.69) is 28.1 Å². The number of carbonyl (C=O) groups excluding carboxylic acids is 1. The molecule has 150 valence electrons. The highest BCUT2D eigenvalue weighted by atomic mass is 19.1. The third-order valence-corrected chi connectivity index (χ3v) is 5.89. The minimum Gasteiger partial charge on any atom is -0.461 e. The van der Waals surface area contributed by atoms with Crippen LogP contribution in [0.5, 0.6) is 0 Å². The van der Waals surface area contributed by atoms with E-state index in [1.54, 1.807) is 16.7 Å². The van der Waals surface area contributed by atoms with Crippen LogP contribution in [0.4, 0.5) is 4.39 Å². The summed E-state index contributed by atoms with van der Waals surface area (Å²) in [5.74, 6) is -0.614. The first-order valence-electron chi connectivity index (χ1n) is 10.3. The summed E-state index contributed by atoms with van der Waals surface area (Å²) in [4.78, 5) is 19.0. The van der Waals surface area contributed by atoms with Crippen LogP contribution >= 0.6 is 0 Å². The predicted molar refractivity (Wildman–Crippen MR) is 107 cm³/mol. The maximum Gasteiger partial charge on any atom is 0.312 e. The average molecular weight is 393 g/mol. The maximum absolute atomic E-state index is 13.3. The molecule has 1 atom stereocenters. The summed E-state index contributed by atoms with van der Waals surface area (Å²) in [5.41, 5.74) is 5.55. The molecule has 0 saturated carbocycles. The summed E-state index contributed by atoms with van der Waals surface area (Å²) in [6.45, 7) is 2.60. The highest BCUT2D eigenvalue weighted by molar-refractivity contribution is 5.72. The summed E-state index contributed by atoms with van der Waals surface area (Å²) in [6.07, 6.45) is 7.57. The fourth-order valence-corrected chi connectivity index (χ4v) is 4.50. The first kappa shape index (κ1) is 18.3. The zero-order valence-electron chi connectivity index (χ0n) is 16.3. The molecule has 1 fully saturated rings. The summed E-state index contributed by atoms with van der Waals surface area (Å²) in [7, 11) is 0. The molecule has 1 aromatic carbocycles. The number of halogens is 1. The molecule has 0 spiro atoms. The van der Waals surface area contributed by atoms with E-state index in [4.69, 9.17) is 4.74 Å². The van der Waals surface area contributed by atoms with Crippen molar-refractivity contribution in [1.82, 2.24) is 14.3 Å². The fourth-order valence-electron chi connectivity index (χ4n) is 4.50. The molecule has 0 N–H and O–H groups in total. The smallest absolute Gasteiger partial charge is 0.312 e. The van der Waals surface area contributed by atoms with E-state index in [1.807, 2.05) is 0 Å². The van der Waals surface area contributed by atoms with Gasteiger partial charge in [0.1, 0.15) is 17.6 Å². The van der Waals surface area contributed by atoms with E-state index in [9.17, 15) is 9.18 Å². The second kappa shape index (κ2) is 7.59. The highest BCUT2D eigenvalue weighted by Crippen LogP contribution is 2.24. The molecule has 6 heteroatoms. The van der Waals surface area contributed by atoms with E-state index in [0.29, 0.717) is 11.3 Å². The topological polar surface area (TPSA) is 46.8 Å². The van der Waals surface area contributed by atoms with Crippen molar-refractivity contribution >= 4 is 11.6 Å². The van der Waals surface area contributed by atoms with Gasteiger partial charge in [-0.3, -0.25) is 9.69 Å². The molecule has 5 nitrogen and oxygen atoms in total. The minimum atomic E-state index is -0.335. The molecule has 2 aliphatic rings. The molecule has 0 bridgehead atoms. The zero-order chi connectivity index (χ0) is 19.8. The number of nitrogens with zero attached hydrogens (tertiary/aromatic N) is 3. The number of imidazole rings is 1. The van der Waals surface area contributed by atoms with Crippen molar-refractivity contribution in [2.24, 2.45) is 0 Å². The number of hydrogen-bond donors (Lipinski definition) is 0. The molecule has 2 aromatic heterocycles. The van der Waals surface area contributed by atoms with E-state index >= 15 is 0 Å². The number of aryl methyl sites for hydroxylation is 2. The van der Waals surface area contributed by atoms with Gasteiger partial charge in [0.25, 0.3) is 0 Å². The number of benzene rings is 1. The Hall–Kier alpha value is -2.73. The van der Waals surface area contributed by atoms with Crippen LogP contribution < -0.4 is 0 Å². The van der Waals surface area contributed by atoms with Crippen LogP contribution in [-0.4, -0.2) is 39.4 Å². The number of rotatable bonds is 5. The average Bonchev–Trinajstić information content (AvgIpc) is 3.40. The first-order chi connectivity index (χ1) is 14.1. The van der Waals surface area contributed by atoms with E-state index in [0.717, 1.165) is 26.1 Å². The third-order valence-electron chi connectivity index (χ3n) is 5.89. The maximum atomic E-state index is 13.3. The number of likely N-dealkylation sites (tertiary alicyclic amines) is 1. The standard InChI is InChI=1S/C23H24FN3O2/c24-19-6-7-22-25-20(14-27(22)13-19)11-23(28)29-21-8-9-26(15-21)12-16-4-5-17-2-1-3-18(17)10-16/h4-7,10,13-14,21H,1-3,8-9,11-12,15H2. The SMILES string of the molecule is O=C(Cc1cn2cc(F)ccc2n1)OC1CCN(Cc2ccc3c(c2)CCC3)C1. The largest absolute Gasteiger partial charge is 0.461 e. The van der Waals surface area contributed by atoms with E-state index in [1.165, 1.54) is 48.2 Å². The van der Waals surface area contributed by atoms with Gasteiger partial charge in [-0.1, -0.05) is 18.2 Å². The second-order valence-corrected chi connectivity index (χ2v) is 8.11. The van der Waals surface area contributed by atoms with Gasteiger partial charge in [0.05, 0.1) is 12.1 Å². The molecule has 0 radical (unpaired) electrons. The molecular weight excluding hydrogens is 369 g/mol. The Kier molecular flexibility index (Phi) is 4.79. The Morgan fingerprint density at radius 2 is 2.07 bits per heavy atom. The van der Waals surface area contributed by atoms with Gasteiger partial charge in [-0.15, -0.1) is 0 Å². The van der Waals surface area contributed by atoms with Crippen molar-refractivity contribution in [2.75, 3.05) is 13.1 Å². The molecule has 1 aliphatic carbocycles. The lowest BCUT2D eigenvalue weighted by Crippen LogP contribution is -2.25. The van der Waals surface area contributed by atoms with Gasteiger partial charge in [0.15, 0.2) is 0 Å². The Labute approximate surface area is 169 Å². The van der Waals surface area contributed by atoms with Crippen molar-refractivity contribution in [3.05, 3.63) is 70.9 Å². The van der Waals surface area contributed by atoms with Crippen LogP contribution in [-0.2, 0) is 35.3 Å². The van der Waals surface area contributed by atoms with Crippen LogP contribution in [0.2, 0.25) is 0 Å². The number of ether oxygens (including phenoxy) is 1. The summed E-state index contributed by atoms with van der Waals surface area (Å²) < 4.78 is 20.6. The van der Waals surface area contributed by atoms with Crippen LogP contribution in [0, 0.1) is 5.82 Å². The number of pyridine rings is 1. The van der Waals surface area contributed by atoms with Crippen molar-refractivity contribution in [3.63, 3.8) is 0 Å². The summed E-state index contributed by atoms with van der Waals surface area (Å²) in [6, 6.07) is 9.80. The molecule has 0 amide bonds. The van der Waals surface area contributed by atoms with Gasteiger partial charge >= 0.3 is 5.97 Å². The number of carbonyl (C=O) groups is 1. The van der Waals surface area contributed by atoms with E-state index < -0.39 is 0 Å². The Morgan fingerprint density at radius 1 is 1.17 bits per heavy atom. The van der Waals surface area contributed by atoms with Crippen molar-refractivity contribution < 1.29 is 13.9 Å². The predicted octanol–water partition coefficient (Wildman–Crippen LogP) is 3.32. The monoisotopic (exact) mass is 393 g/mol. The normalized spacial score (nSPS) is 19.0. The number of aromatic nitrogens is 2. The zero-order valence-corrected chi connectivity index (χ0v) is 16.3. The van der Waals surface area contributed by atoms with Crippen LogP contribution in [0.25, 0.3) is 5.65 Å². The molecule has 5 rings (SSSR count). The van der Waals surface area contributed by atoms with Crippen molar-refractivity contribution in [2.45, 2.75) is 44.8 Å². The fraction of sp³-hybridized carbons (Fsp3) is 0.391. The molecule has 1 unspecified atom stereocenters. The Balaban J connectivity index is 1.14. The van der Waals surface area contributed by atoms with Gasteiger partial charge in [-0.25, -0.2) is 9.37 Å². The van der Waals surface area contributed by atoms with Gasteiger partial charge in [0, 0.05) is 32.0 Å².